The SMILES string of the molecule is O=[N+]([O-])c1ccc(SCCOP2(=O)OCCO2)c([N+](=O)[O-])c1. The second kappa shape index (κ2) is 7.16. The molecule has 1 aliphatic rings. The molecular weight excluding hydrogens is 339 g/mol. The van der Waals surface area contributed by atoms with Crippen molar-refractivity contribution >= 4 is 31.0 Å². The maximum Gasteiger partial charge on any atom is 0.474 e. The molecule has 0 aliphatic carbocycles. The van der Waals surface area contributed by atoms with E-state index in [0.29, 0.717) is 0 Å². The highest BCUT2D eigenvalue weighted by Gasteiger charge is 2.31. The molecule has 0 saturated carbocycles. The topological polar surface area (TPSA) is 131 Å². The van der Waals surface area contributed by atoms with Gasteiger partial charge < -0.3 is 0 Å². The molecule has 12 heteroatoms. The Morgan fingerprint density at radius 2 is 1.91 bits per heavy atom. The van der Waals surface area contributed by atoms with Gasteiger partial charge >= 0.3 is 7.82 Å². The van der Waals surface area contributed by atoms with Crippen molar-refractivity contribution in [2.24, 2.45) is 0 Å². The fraction of sp³-hybridized carbons (Fsp3) is 0.400. The lowest BCUT2D eigenvalue weighted by Crippen LogP contribution is -1.98. The minimum absolute atomic E-state index is 0.00388. The number of non-ortho nitro benzene ring substituents is 1. The molecule has 22 heavy (non-hydrogen) atoms. The van der Waals surface area contributed by atoms with Crippen molar-refractivity contribution in [3.8, 4) is 0 Å². The van der Waals surface area contributed by atoms with Gasteiger partial charge in [-0.15, -0.1) is 11.8 Å². The molecule has 120 valence electrons. The number of nitrogens with zero attached hydrogens (tertiary/aromatic N) is 2. The minimum Gasteiger partial charge on any atom is -0.286 e. The number of hydrogen-bond acceptors (Lipinski definition) is 9. The van der Waals surface area contributed by atoms with Crippen molar-refractivity contribution < 1.29 is 28.0 Å². The summed E-state index contributed by atoms with van der Waals surface area (Å²) in [6.07, 6.45) is 0. The zero-order valence-corrected chi connectivity index (χ0v) is 12.8. The van der Waals surface area contributed by atoms with Crippen molar-refractivity contribution in [3.05, 3.63) is 38.4 Å². The lowest BCUT2D eigenvalue weighted by molar-refractivity contribution is -0.396. The second-order valence-corrected chi connectivity index (χ2v) is 6.77. The van der Waals surface area contributed by atoms with E-state index in [2.05, 4.69) is 0 Å². The molecule has 2 rings (SSSR count). The Labute approximate surface area is 128 Å². The molecule has 1 heterocycles. The van der Waals surface area contributed by atoms with Crippen LogP contribution in [-0.2, 0) is 18.1 Å². The van der Waals surface area contributed by atoms with Gasteiger partial charge in [0.25, 0.3) is 11.4 Å². The zero-order chi connectivity index (χ0) is 16.2. The van der Waals surface area contributed by atoms with Crippen molar-refractivity contribution in [2.75, 3.05) is 25.6 Å². The lowest BCUT2D eigenvalue weighted by Gasteiger charge is -2.09. The van der Waals surface area contributed by atoms with Gasteiger partial charge in [-0.25, -0.2) is 4.57 Å². The predicted octanol–water partition coefficient (Wildman–Crippen LogP) is 2.77. The number of benzene rings is 1. The fourth-order valence-corrected chi connectivity index (χ4v) is 3.69. The highest BCUT2D eigenvalue weighted by atomic mass is 32.2. The standard InChI is InChI=1S/C10H11N2O8PS/c13-11(14)8-1-2-10(9(7-8)12(15)16)22-6-5-20-21(17)18-3-4-19-21/h1-2,7H,3-6H2. The number of nitro groups is 2. The number of thioether (sulfide) groups is 1. The van der Waals surface area contributed by atoms with Gasteiger partial charge in [0.05, 0.1) is 40.6 Å². The molecule has 0 atom stereocenters. The van der Waals surface area contributed by atoms with Gasteiger partial charge in [0, 0.05) is 11.8 Å². The minimum atomic E-state index is -3.48. The van der Waals surface area contributed by atoms with Gasteiger partial charge in [0.1, 0.15) is 0 Å². The summed E-state index contributed by atoms with van der Waals surface area (Å²) in [6.45, 7) is 0.382. The molecule has 0 N–H and O–H groups in total. The summed E-state index contributed by atoms with van der Waals surface area (Å²) in [5.41, 5.74) is -0.719. The molecule has 1 aliphatic heterocycles. The van der Waals surface area contributed by atoms with E-state index in [0.717, 1.165) is 17.8 Å². The first-order valence-corrected chi connectivity index (χ1v) is 8.45. The summed E-state index contributed by atoms with van der Waals surface area (Å²) in [4.78, 5) is 20.4. The van der Waals surface area contributed by atoms with Crippen molar-refractivity contribution in [1.29, 1.82) is 0 Å². The summed E-state index contributed by atoms with van der Waals surface area (Å²) in [5, 5.41) is 21.6. The van der Waals surface area contributed by atoms with Crippen LogP contribution in [0.3, 0.4) is 0 Å². The van der Waals surface area contributed by atoms with Gasteiger partial charge in [-0.05, 0) is 6.07 Å². The van der Waals surface area contributed by atoms with Crippen LogP contribution < -0.4 is 0 Å². The largest absolute Gasteiger partial charge is 0.474 e. The Kier molecular flexibility index (Phi) is 5.48. The van der Waals surface area contributed by atoms with Gasteiger partial charge in [-0.1, -0.05) is 0 Å². The average molecular weight is 350 g/mol. The van der Waals surface area contributed by atoms with E-state index >= 15 is 0 Å². The van der Waals surface area contributed by atoms with E-state index in [4.69, 9.17) is 13.6 Å². The quantitative estimate of drug-likeness (QED) is 0.239. The van der Waals surface area contributed by atoms with Crippen LogP contribution >= 0.6 is 19.6 Å². The normalized spacial score (nSPS) is 16.5. The molecule has 1 saturated heterocycles. The van der Waals surface area contributed by atoms with E-state index in [-0.39, 0.29) is 41.8 Å². The van der Waals surface area contributed by atoms with Crippen LogP contribution in [0.2, 0.25) is 0 Å². The molecule has 0 aromatic heterocycles. The third-order valence-electron chi connectivity index (χ3n) is 2.52. The first kappa shape index (κ1) is 16.8. The average Bonchev–Trinajstić information content (AvgIpc) is 2.90. The summed E-state index contributed by atoms with van der Waals surface area (Å²) in [5.74, 6) is 0.245. The van der Waals surface area contributed by atoms with Crippen LogP contribution in [0.5, 0.6) is 0 Å². The number of phosphoric acid groups is 1. The molecule has 0 bridgehead atoms. The number of nitro benzene ring substituents is 2. The van der Waals surface area contributed by atoms with E-state index in [1.165, 1.54) is 12.1 Å². The van der Waals surface area contributed by atoms with Gasteiger partial charge in [-0.2, -0.15) is 0 Å². The zero-order valence-electron chi connectivity index (χ0n) is 11.1. The molecule has 10 nitrogen and oxygen atoms in total. The van der Waals surface area contributed by atoms with Crippen molar-refractivity contribution in [2.45, 2.75) is 4.90 Å². The van der Waals surface area contributed by atoms with Crippen molar-refractivity contribution in [3.63, 3.8) is 0 Å². The molecule has 1 aromatic rings. The molecule has 0 spiro atoms. The number of hydrogen-bond donors (Lipinski definition) is 0. The number of phosphoric ester groups is 1. The Hall–Kier alpha value is -1.52. The Balaban J connectivity index is 1.95. The first-order valence-electron chi connectivity index (χ1n) is 6.00. The van der Waals surface area contributed by atoms with E-state index in [1.807, 2.05) is 0 Å². The van der Waals surface area contributed by atoms with Crippen LogP contribution in [0, 0.1) is 20.2 Å². The molecular formula is C10H11N2O8PS. The van der Waals surface area contributed by atoms with Crippen LogP contribution in [0.15, 0.2) is 23.1 Å². The third-order valence-corrected chi connectivity index (χ3v) is 5.05. The van der Waals surface area contributed by atoms with Crippen LogP contribution in [0.25, 0.3) is 0 Å². The summed E-state index contributed by atoms with van der Waals surface area (Å²) in [6, 6.07) is 3.38. The van der Waals surface area contributed by atoms with Gasteiger partial charge in [-0.3, -0.25) is 33.8 Å². The first-order chi connectivity index (χ1) is 10.4. The van der Waals surface area contributed by atoms with Crippen LogP contribution in [0.4, 0.5) is 11.4 Å². The monoisotopic (exact) mass is 350 g/mol. The number of rotatable bonds is 7. The highest BCUT2D eigenvalue weighted by molar-refractivity contribution is 7.99. The predicted molar refractivity (Wildman–Crippen MR) is 75.9 cm³/mol. The summed E-state index contributed by atoms with van der Waals surface area (Å²) in [7, 11) is -3.48. The Morgan fingerprint density at radius 3 is 2.50 bits per heavy atom. The Morgan fingerprint density at radius 1 is 1.23 bits per heavy atom. The lowest BCUT2D eigenvalue weighted by atomic mass is 10.3. The van der Waals surface area contributed by atoms with Crippen LogP contribution in [0.1, 0.15) is 0 Å². The fourth-order valence-electron chi connectivity index (χ4n) is 1.59. The Bertz CT molecular complexity index is 629. The second-order valence-electron chi connectivity index (χ2n) is 3.96. The van der Waals surface area contributed by atoms with E-state index < -0.39 is 17.7 Å². The van der Waals surface area contributed by atoms with E-state index in [1.54, 1.807) is 0 Å². The molecule has 1 aromatic carbocycles. The van der Waals surface area contributed by atoms with Crippen LogP contribution in [-0.4, -0.2) is 35.4 Å². The van der Waals surface area contributed by atoms with E-state index in [9.17, 15) is 24.8 Å². The third kappa shape index (κ3) is 4.24. The summed E-state index contributed by atoms with van der Waals surface area (Å²) < 4.78 is 26.3. The molecule has 1 fully saturated rings. The van der Waals surface area contributed by atoms with Gasteiger partial charge in [0.15, 0.2) is 0 Å². The summed E-state index contributed by atoms with van der Waals surface area (Å²) >= 11 is 1.06. The molecule has 0 radical (unpaired) electrons. The van der Waals surface area contributed by atoms with Gasteiger partial charge in [0.2, 0.25) is 0 Å². The molecule has 0 amide bonds. The maximum absolute atomic E-state index is 11.7. The maximum atomic E-state index is 11.7. The highest BCUT2D eigenvalue weighted by Crippen LogP contribution is 2.52. The molecule has 0 unspecified atom stereocenters. The smallest absolute Gasteiger partial charge is 0.286 e. The van der Waals surface area contributed by atoms with Crippen molar-refractivity contribution in [1.82, 2.24) is 0 Å².